The molecule has 0 aliphatic heterocycles. The minimum Gasteiger partial charge on any atom is -0.352 e. The zero-order valence-electron chi connectivity index (χ0n) is 18.8. The van der Waals surface area contributed by atoms with E-state index in [-0.39, 0.29) is 17.9 Å². The number of benzene rings is 2. The number of amides is 2. The Labute approximate surface area is 185 Å². The van der Waals surface area contributed by atoms with Crippen LogP contribution >= 0.6 is 11.8 Å². The summed E-state index contributed by atoms with van der Waals surface area (Å²) in [6.45, 7) is 10.4. The molecule has 162 valence electrons. The molecule has 0 heterocycles. The van der Waals surface area contributed by atoms with E-state index in [0.717, 1.165) is 10.5 Å². The first kappa shape index (κ1) is 24.0. The van der Waals surface area contributed by atoms with Crippen LogP contribution in [0.5, 0.6) is 0 Å². The van der Waals surface area contributed by atoms with Gasteiger partial charge in [-0.25, -0.2) is 0 Å². The number of thioether (sulfide) groups is 1. The van der Waals surface area contributed by atoms with Crippen molar-refractivity contribution in [3.8, 4) is 0 Å². The van der Waals surface area contributed by atoms with Gasteiger partial charge in [-0.1, -0.05) is 54.4 Å². The number of aryl methyl sites for hydroxylation is 2. The summed E-state index contributed by atoms with van der Waals surface area (Å²) in [7, 11) is 0. The quantitative estimate of drug-likeness (QED) is 0.537. The van der Waals surface area contributed by atoms with E-state index in [4.69, 9.17) is 0 Å². The van der Waals surface area contributed by atoms with Crippen LogP contribution in [0.4, 0.5) is 0 Å². The molecule has 0 bridgehead atoms. The van der Waals surface area contributed by atoms with E-state index in [0.29, 0.717) is 25.1 Å². The van der Waals surface area contributed by atoms with E-state index in [2.05, 4.69) is 36.5 Å². The zero-order chi connectivity index (χ0) is 22.1. The van der Waals surface area contributed by atoms with Gasteiger partial charge in [0.1, 0.15) is 6.04 Å². The largest absolute Gasteiger partial charge is 0.352 e. The summed E-state index contributed by atoms with van der Waals surface area (Å²) in [6.07, 6.45) is 0.983. The summed E-state index contributed by atoms with van der Waals surface area (Å²) in [6, 6.07) is 16.0. The van der Waals surface area contributed by atoms with Crippen molar-refractivity contribution in [3.63, 3.8) is 0 Å². The van der Waals surface area contributed by atoms with Crippen molar-refractivity contribution in [1.82, 2.24) is 10.2 Å². The Morgan fingerprint density at radius 1 is 0.967 bits per heavy atom. The second-order valence-corrected chi connectivity index (χ2v) is 9.17. The van der Waals surface area contributed by atoms with Crippen LogP contribution in [-0.2, 0) is 16.1 Å². The van der Waals surface area contributed by atoms with Crippen molar-refractivity contribution >= 4 is 23.6 Å². The maximum Gasteiger partial charge on any atom is 0.243 e. The predicted molar refractivity (Wildman–Crippen MR) is 126 cm³/mol. The van der Waals surface area contributed by atoms with Gasteiger partial charge in [-0.2, -0.15) is 0 Å². The van der Waals surface area contributed by atoms with Gasteiger partial charge < -0.3 is 10.2 Å². The van der Waals surface area contributed by atoms with Gasteiger partial charge in [0.05, 0.1) is 0 Å². The second kappa shape index (κ2) is 11.8. The van der Waals surface area contributed by atoms with Gasteiger partial charge in [0.25, 0.3) is 0 Å². The Morgan fingerprint density at radius 3 is 2.07 bits per heavy atom. The van der Waals surface area contributed by atoms with Crippen molar-refractivity contribution in [2.24, 2.45) is 0 Å². The lowest BCUT2D eigenvalue weighted by Crippen LogP contribution is -2.50. The molecule has 0 saturated heterocycles. The Bertz CT molecular complexity index is 816. The van der Waals surface area contributed by atoms with E-state index in [9.17, 15) is 9.59 Å². The zero-order valence-corrected chi connectivity index (χ0v) is 19.6. The van der Waals surface area contributed by atoms with Crippen LogP contribution in [0, 0.1) is 13.8 Å². The predicted octanol–water partition coefficient (Wildman–Crippen LogP) is 5.12. The van der Waals surface area contributed by atoms with E-state index in [1.54, 1.807) is 16.7 Å². The average Bonchev–Trinajstić information content (AvgIpc) is 2.70. The third kappa shape index (κ3) is 7.52. The second-order valence-electron chi connectivity index (χ2n) is 8.01. The number of carbonyl (C=O) groups is 2. The van der Waals surface area contributed by atoms with Gasteiger partial charge in [-0.15, -0.1) is 11.8 Å². The maximum atomic E-state index is 13.2. The summed E-state index contributed by atoms with van der Waals surface area (Å²) >= 11 is 1.67. The topological polar surface area (TPSA) is 49.4 Å². The number of hydrogen-bond acceptors (Lipinski definition) is 3. The molecule has 2 rings (SSSR count). The lowest BCUT2D eigenvalue weighted by atomic mass is 10.1. The molecule has 1 N–H and O–H groups in total. The number of rotatable bonds is 10. The van der Waals surface area contributed by atoms with Crippen LogP contribution < -0.4 is 5.32 Å². The van der Waals surface area contributed by atoms with Gasteiger partial charge in [0.2, 0.25) is 11.8 Å². The highest BCUT2D eigenvalue weighted by Crippen LogP contribution is 2.21. The molecule has 0 aliphatic carbocycles. The van der Waals surface area contributed by atoms with Crippen LogP contribution in [0.25, 0.3) is 0 Å². The normalized spacial score (nSPS) is 11.9. The lowest BCUT2D eigenvalue weighted by Gasteiger charge is -2.31. The Hall–Kier alpha value is -2.27. The highest BCUT2D eigenvalue weighted by molar-refractivity contribution is 7.99. The number of hydrogen-bond donors (Lipinski definition) is 1. The molecule has 0 fully saturated rings. The third-order valence-electron chi connectivity index (χ3n) is 4.90. The first-order valence-electron chi connectivity index (χ1n) is 10.6. The fourth-order valence-electron chi connectivity index (χ4n) is 3.22. The molecule has 0 spiro atoms. The fourth-order valence-corrected chi connectivity index (χ4v) is 4.07. The monoisotopic (exact) mass is 426 g/mol. The van der Waals surface area contributed by atoms with E-state index < -0.39 is 6.04 Å². The smallest absolute Gasteiger partial charge is 0.243 e. The number of nitrogens with zero attached hydrogens (tertiary/aromatic N) is 1. The van der Waals surface area contributed by atoms with E-state index in [1.165, 1.54) is 11.1 Å². The molecule has 30 heavy (non-hydrogen) atoms. The highest BCUT2D eigenvalue weighted by atomic mass is 32.2. The van der Waals surface area contributed by atoms with Crippen LogP contribution in [0.2, 0.25) is 0 Å². The number of nitrogens with one attached hydrogen (secondary N) is 1. The highest BCUT2D eigenvalue weighted by Gasteiger charge is 2.28. The summed E-state index contributed by atoms with van der Waals surface area (Å²) in [5, 5.41) is 2.97. The summed E-state index contributed by atoms with van der Waals surface area (Å²) in [5.41, 5.74) is 3.44. The third-order valence-corrected chi connectivity index (χ3v) is 5.91. The molecular weight excluding hydrogens is 392 g/mol. The molecule has 0 saturated carbocycles. The van der Waals surface area contributed by atoms with Gasteiger partial charge in [0, 0.05) is 29.7 Å². The van der Waals surface area contributed by atoms with Gasteiger partial charge >= 0.3 is 0 Å². The lowest BCUT2D eigenvalue weighted by molar-refractivity contribution is -0.141. The van der Waals surface area contributed by atoms with Gasteiger partial charge in [-0.3, -0.25) is 9.59 Å². The maximum absolute atomic E-state index is 13.2. The first-order valence-corrected chi connectivity index (χ1v) is 11.6. The van der Waals surface area contributed by atoms with Gasteiger partial charge in [0.15, 0.2) is 0 Å². The van der Waals surface area contributed by atoms with E-state index >= 15 is 0 Å². The molecular formula is C25H34N2O2S. The summed E-state index contributed by atoms with van der Waals surface area (Å²) in [4.78, 5) is 28.9. The average molecular weight is 427 g/mol. The van der Waals surface area contributed by atoms with Crippen LogP contribution in [0.3, 0.4) is 0 Å². The van der Waals surface area contributed by atoms with Crippen molar-refractivity contribution < 1.29 is 9.59 Å². The van der Waals surface area contributed by atoms with Crippen molar-refractivity contribution in [2.45, 2.75) is 71.0 Å². The minimum atomic E-state index is -0.467. The first-order chi connectivity index (χ1) is 14.3. The van der Waals surface area contributed by atoms with Crippen molar-refractivity contribution in [1.29, 1.82) is 0 Å². The molecule has 1 atom stereocenters. The molecule has 2 amide bonds. The molecule has 0 aliphatic rings. The van der Waals surface area contributed by atoms with Crippen molar-refractivity contribution in [2.75, 3.05) is 5.75 Å². The summed E-state index contributed by atoms with van der Waals surface area (Å²) in [5.74, 6) is 0.620. The molecule has 0 radical (unpaired) electrons. The molecule has 0 aromatic heterocycles. The molecule has 2 aromatic carbocycles. The molecule has 4 nitrogen and oxygen atoms in total. The standard InChI is InChI=1S/C25H34N2O2S/c1-6-23(25(29)26-18(2)3)27(17-21-11-7-19(4)8-12-21)24(28)15-16-30-22-13-9-20(5)10-14-22/h7-14,18,23H,6,15-17H2,1-5H3,(H,26,29). The Kier molecular flexibility index (Phi) is 9.44. The van der Waals surface area contributed by atoms with Gasteiger partial charge in [-0.05, 0) is 51.8 Å². The van der Waals surface area contributed by atoms with Crippen LogP contribution in [0.1, 0.15) is 50.3 Å². The number of carbonyl (C=O) groups excluding carboxylic acids is 2. The SMILES string of the molecule is CCC(C(=O)NC(C)C)N(Cc1ccc(C)cc1)C(=O)CCSc1ccc(C)cc1. The van der Waals surface area contributed by atoms with Crippen LogP contribution in [-0.4, -0.2) is 34.6 Å². The van der Waals surface area contributed by atoms with E-state index in [1.807, 2.05) is 52.0 Å². The molecule has 2 aromatic rings. The minimum absolute atomic E-state index is 0.0148. The summed E-state index contributed by atoms with van der Waals surface area (Å²) < 4.78 is 0. The Balaban J connectivity index is 2.11. The molecule has 5 heteroatoms. The Morgan fingerprint density at radius 2 is 1.53 bits per heavy atom. The molecule has 1 unspecified atom stereocenters. The fraction of sp³-hybridized carbons (Fsp3) is 0.440. The van der Waals surface area contributed by atoms with Crippen LogP contribution in [0.15, 0.2) is 53.4 Å². The van der Waals surface area contributed by atoms with Crippen molar-refractivity contribution in [3.05, 3.63) is 65.2 Å².